The average molecular weight is 920 g/mol. The van der Waals surface area contributed by atoms with Crippen molar-refractivity contribution in [3.05, 3.63) is 69.8 Å². The molecule has 5 N–H and O–H groups in total. The fourth-order valence-electron chi connectivity index (χ4n) is 10.0. The molecule has 19 nitrogen and oxygen atoms in total. The van der Waals surface area contributed by atoms with Gasteiger partial charge in [-0.15, -0.1) is 11.8 Å². The monoisotopic (exact) mass is 919 g/mol. The van der Waals surface area contributed by atoms with Crippen LogP contribution in [0.1, 0.15) is 88.1 Å². The lowest BCUT2D eigenvalue weighted by atomic mass is 9.72. The molecule has 3 fully saturated rings. The van der Waals surface area contributed by atoms with Gasteiger partial charge in [0.15, 0.2) is 36.3 Å². The zero-order valence-corrected chi connectivity index (χ0v) is 36.6. The molecule has 3 saturated heterocycles. The van der Waals surface area contributed by atoms with Gasteiger partial charge < -0.3 is 54.0 Å². The molecular formula is C45H49N3O16S. The number of benzene rings is 2. The number of amides is 2. The summed E-state index contributed by atoms with van der Waals surface area (Å²) in [5.41, 5.74) is -3.69. The molecule has 1 aromatic heterocycles. The predicted molar refractivity (Wildman–Crippen MR) is 225 cm³/mol. The minimum absolute atomic E-state index is 0.0690. The van der Waals surface area contributed by atoms with Crippen molar-refractivity contribution in [2.45, 2.75) is 106 Å². The highest BCUT2D eigenvalue weighted by molar-refractivity contribution is 8.00. The van der Waals surface area contributed by atoms with Crippen LogP contribution in [-0.4, -0.2) is 151 Å². The number of ketones is 3. The maximum Gasteiger partial charge on any atom is 0.253 e. The largest absolute Gasteiger partial charge is 0.507 e. The number of carbonyl (C=O) groups is 5. The van der Waals surface area contributed by atoms with Crippen LogP contribution in [0.2, 0.25) is 0 Å². The van der Waals surface area contributed by atoms with E-state index in [1.807, 2.05) is 6.92 Å². The molecule has 9 rings (SSSR count). The first-order chi connectivity index (χ1) is 31.1. The molecule has 6 aliphatic rings. The molecule has 5 heterocycles. The molecule has 0 bridgehead atoms. The summed E-state index contributed by atoms with van der Waals surface area (Å²) in [6.07, 6.45) is -1.29. The Bertz CT molecular complexity index is 2490. The quantitative estimate of drug-likeness (QED) is 0.0528. The SMILES string of the molecule is COc1cccc2c1C(=O)c1c(O)c3c(c(O)c1C2=O)C[C@@](O)(C(=O)CSc1cc(O)n(CCCCCN2C(=O)C=CC2=O)c1O)C[C@@H]3O[C@H]1C[C@H]2[C@H](O[C@@H]3[C@@H](OC)OCCN32)[C@H](C)O1. The summed E-state index contributed by atoms with van der Waals surface area (Å²) >= 11 is 0.855. The Balaban J connectivity index is 0.980. The summed E-state index contributed by atoms with van der Waals surface area (Å²) in [5, 5.41) is 58.3. The molecule has 2 amide bonds. The van der Waals surface area contributed by atoms with Crippen LogP contribution in [-0.2, 0) is 51.0 Å². The smallest absolute Gasteiger partial charge is 0.253 e. The summed E-state index contributed by atoms with van der Waals surface area (Å²) in [6, 6.07) is 5.46. The number of phenolic OH excluding ortho intramolecular Hbond substituents is 2. The van der Waals surface area contributed by atoms with Gasteiger partial charge >= 0.3 is 0 Å². The van der Waals surface area contributed by atoms with Crippen molar-refractivity contribution >= 4 is 40.9 Å². The fourth-order valence-corrected chi connectivity index (χ4v) is 11.0. The second-order valence-electron chi connectivity index (χ2n) is 17.0. The third-order valence-corrected chi connectivity index (χ3v) is 14.3. The maximum atomic E-state index is 14.3. The molecule has 2 aromatic carbocycles. The Morgan fingerprint density at radius 1 is 0.938 bits per heavy atom. The number of Topliss-reactive ketones (excluding diaryl/α,β-unsaturated/α-hetero) is 1. The third-order valence-electron chi connectivity index (χ3n) is 13.2. The van der Waals surface area contributed by atoms with E-state index >= 15 is 0 Å². The normalized spacial score (nSPS) is 28.2. The van der Waals surface area contributed by atoms with Crippen molar-refractivity contribution in [2.75, 3.05) is 39.7 Å². The molecule has 0 unspecified atom stereocenters. The Kier molecular flexibility index (Phi) is 12.1. The molecule has 20 heteroatoms. The van der Waals surface area contributed by atoms with Gasteiger partial charge in [-0.2, -0.15) is 0 Å². The number of thioether (sulfide) groups is 1. The van der Waals surface area contributed by atoms with E-state index in [9.17, 15) is 49.5 Å². The topological polar surface area (TPSA) is 253 Å². The summed E-state index contributed by atoms with van der Waals surface area (Å²) in [5.74, 6) is -5.35. The first kappa shape index (κ1) is 44.9. The number of hydrogen-bond donors (Lipinski definition) is 5. The first-order valence-electron chi connectivity index (χ1n) is 21.4. The highest BCUT2D eigenvalue weighted by Gasteiger charge is 2.55. The molecule has 3 aromatic rings. The lowest BCUT2D eigenvalue weighted by molar-refractivity contribution is -0.256. The number of phenols is 2. The number of aromatic hydroxyl groups is 4. The van der Waals surface area contributed by atoms with Gasteiger partial charge in [-0.25, -0.2) is 0 Å². The average Bonchev–Trinajstić information content (AvgIpc) is 3.92. The Morgan fingerprint density at radius 3 is 2.42 bits per heavy atom. The van der Waals surface area contributed by atoms with Crippen LogP contribution in [0, 0.1) is 0 Å². The van der Waals surface area contributed by atoms with Crippen LogP contribution in [0.4, 0.5) is 0 Å². The van der Waals surface area contributed by atoms with E-state index in [1.54, 1.807) is 0 Å². The van der Waals surface area contributed by atoms with Gasteiger partial charge in [0.05, 0.1) is 53.3 Å². The minimum Gasteiger partial charge on any atom is -0.507 e. The number of ether oxygens (including phenoxy) is 6. The fraction of sp³-hybridized carbons (Fsp3) is 0.489. The summed E-state index contributed by atoms with van der Waals surface area (Å²) in [4.78, 5) is 69.7. The molecule has 0 radical (unpaired) electrons. The lowest BCUT2D eigenvalue weighted by Crippen LogP contribution is -2.55. The van der Waals surface area contributed by atoms with E-state index in [-0.39, 0.29) is 82.0 Å². The Hall–Kier alpha value is -5.32. The lowest BCUT2D eigenvalue weighted by Gasteiger charge is -2.43. The Morgan fingerprint density at radius 2 is 1.68 bits per heavy atom. The van der Waals surface area contributed by atoms with Crippen LogP contribution in [0.3, 0.4) is 0 Å². The molecule has 65 heavy (non-hydrogen) atoms. The van der Waals surface area contributed by atoms with Crippen molar-refractivity contribution < 1.29 is 77.9 Å². The standard InChI is InChI=1S/C45H49N3O16S/c1-21-41-24(46-14-15-61-44(60-3)43(46)64-41)16-32(62-21)63-26-19-45(58,18-23-34(26)40(56)36-35(38(23)54)37(53)22-8-7-9-25(59-2)33(22)39(36)55)28(49)20-65-27-17-31(52)48(42(27)57)13-6-4-5-12-47-29(50)10-11-30(47)51/h7-11,17,21,24,26,32,41,43-44,52,54,56-58H,4-6,12-16,18-20H2,1-3H3/t21-,24-,26-,32-,41+,43+,44-,45-/m0/s1. The van der Waals surface area contributed by atoms with Crippen LogP contribution < -0.4 is 4.74 Å². The predicted octanol–water partition coefficient (Wildman–Crippen LogP) is 2.82. The zero-order chi connectivity index (χ0) is 46.1. The zero-order valence-electron chi connectivity index (χ0n) is 35.8. The van der Waals surface area contributed by atoms with Gasteiger partial charge in [-0.1, -0.05) is 12.1 Å². The number of carbonyl (C=O) groups excluding carboxylic acids is 5. The maximum absolute atomic E-state index is 14.3. The molecule has 4 aliphatic heterocycles. The summed E-state index contributed by atoms with van der Waals surface area (Å²) < 4.78 is 37.2. The van der Waals surface area contributed by atoms with E-state index in [0.717, 1.165) is 16.7 Å². The number of imide groups is 1. The number of nitrogens with zero attached hydrogens (tertiary/aromatic N) is 3. The van der Waals surface area contributed by atoms with Crippen molar-refractivity contribution in [3.63, 3.8) is 0 Å². The number of rotatable bonds is 14. The van der Waals surface area contributed by atoms with E-state index < -0.39 is 101 Å². The number of fused-ring (bicyclic) bond motifs is 6. The van der Waals surface area contributed by atoms with Crippen molar-refractivity contribution in [1.82, 2.24) is 14.4 Å². The van der Waals surface area contributed by atoms with Gasteiger partial charge in [0, 0.05) is 87.0 Å². The van der Waals surface area contributed by atoms with E-state index in [4.69, 9.17) is 28.4 Å². The van der Waals surface area contributed by atoms with Gasteiger partial charge in [-0.3, -0.25) is 38.3 Å². The van der Waals surface area contributed by atoms with Crippen LogP contribution in [0.5, 0.6) is 29.0 Å². The van der Waals surface area contributed by atoms with Gasteiger partial charge in [0.1, 0.15) is 29.0 Å². The van der Waals surface area contributed by atoms with Crippen molar-refractivity contribution in [2.24, 2.45) is 0 Å². The summed E-state index contributed by atoms with van der Waals surface area (Å²) in [7, 11) is 2.86. The minimum atomic E-state index is -2.29. The van der Waals surface area contributed by atoms with Crippen molar-refractivity contribution in [1.29, 1.82) is 0 Å². The third kappa shape index (κ3) is 7.68. The van der Waals surface area contributed by atoms with Crippen LogP contribution in [0.15, 0.2) is 41.3 Å². The second kappa shape index (κ2) is 17.5. The van der Waals surface area contributed by atoms with Crippen LogP contribution >= 0.6 is 11.8 Å². The number of aromatic nitrogens is 1. The highest BCUT2D eigenvalue weighted by atomic mass is 32.2. The second-order valence-corrected chi connectivity index (χ2v) is 18.0. The Labute approximate surface area is 376 Å². The van der Waals surface area contributed by atoms with Gasteiger partial charge in [0.25, 0.3) is 11.8 Å². The van der Waals surface area contributed by atoms with Gasteiger partial charge in [-0.05, 0) is 32.3 Å². The molecular weight excluding hydrogens is 871 g/mol. The first-order valence-corrected chi connectivity index (χ1v) is 22.4. The van der Waals surface area contributed by atoms with E-state index in [1.165, 1.54) is 55.2 Å². The molecule has 2 aliphatic carbocycles. The van der Waals surface area contributed by atoms with E-state index in [0.29, 0.717) is 32.4 Å². The van der Waals surface area contributed by atoms with Crippen LogP contribution in [0.25, 0.3) is 0 Å². The van der Waals surface area contributed by atoms with E-state index in [2.05, 4.69) is 4.90 Å². The molecule has 8 atom stereocenters. The molecule has 0 spiro atoms. The summed E-state index contributed by atoms with van der Waals surface area (Å²) in [6.45, 7) is 3.16. The number of methoxy groups -OCH3 is 2. The van der Waals surface area contributed by atoms with Gasteiger partial charge in [0.2, 0.25) is 11.7 Å². The number of unbranched alkanes of at least 4 members (excludes halogenated alkanes) is 2. The number of aliphatic hydroxyl groups is 1. The van der Waals surface area contributed by atoms with Crippen molar-refractivity contribution in [3.8, 4) is 29.0 Å². The number of hydrogen-bond acceptors (Lipinski definition) is 18. The molecule has 346 valence electrons. The molecule has 0 saturated carbocycles. The number of morpholine rings is 1. The highest BCUT2D eigenvalue weighted by Crippen LogP contribution is 2.53.